The van der Waals surface area contributed by atoms with Crippen molar-refractivity contribution >= 4 is 29.1 Å². The molecule has 1 saturated heterocycles. The van der Waals surface area contributed by atoms with Crippen LogP contribution in [-0.4, -0.2) is 39.5 Å². The van der Waals surface area contributed by atoms with E-state index >= 15 is 0 Å². The number of carbonyl (C=O) groups excluding carboxylic acids is 1. The van der Waals surface area contributed by atoms with Crippen LogP contribution in [-0.2, 0) is 0 Å². The van der Waals surface area contributed by atoms with Gasteiger partial charge >= 0.3 is 6.03 Å². The Hall–Kier alpha value is -0.750. The molecule has 1 aromatic rings. The number of thioether (sulfide) groups is 1. The summed E-state index contributed by atoms with van der Waals surface area (Å²) in [5.41, 5.74) is 0. The highest BCUT2D eigenvalue weighted by atomic mass is 32.2. The lowest BCUT2D eigenvalue weighted by Crippen LogP contribution is -2.52. The number of nitrogens with one attached hydrogen (secondary N) is 1. The van der Waals surface area contributed by atoms with Crippen LogP contribution in [0.2, 0.25) is 0 Å². The summed E-state index contributed by atoms with van der Waals surface area (Å²) in [4.78, 5) is 19.0. The van der Waals surface area contributed by atoms with Gasteiger partial charge in [-0.05, 0) is 25.7 Å². The van der Waals surface area contributed by atoms with E-state index in [-0.39, 0.29) is 12.1 Å². The maximum Gasteiger partial charge on any atom is 0.318 e. The quantitative estimate of drug-likeness (QED) is 0.933. The monoisotopic (exact) mass is 311 g/mol. The Labute approximate surface area is 128 Å². The number of hydrogen-bond donors (Lipinski definition) is 1. The van der Waals surface area contributed by atoms with Crippen molar-refractivity contribution in [2.24, 2.45) is 5.92 Å². The molecule has 110 valence electrons. The van der Waals surface area contributed by atoms with Crippen LogP contribution < -0.4 is 5.32 Å². The van der Waals surface area contributed by atoms with Crippen molar-refractivity contribution in [1.29, 1.82) is 0 Å². The lowest BCUT2D eigenvalue weighted by molar-refractivity contribution is 0.175. The zero-order valence-electron chi connectivity index (χ0n) is 11.9. The summed E-state index contributed by atoms with van der Waals surface area (Å²) < 4.78 is 0. The van der Waals surface area contributed by atoms with Gasteiger partial charge in [-0.15, -0.1) is 11.3 Å². The predicted molar refractivity (Wildman–Crippen MR) is 84.2 cm³/mol. The zero-order chi connectivity index (χ0) is 14.1. The highest BCUT2D eigenvalue weighted by molar-refractivity contribution is 8.00. The number of urea groups is 1. The summed E-state index contributed by atoms with van der Waals surface area (Å²) in [5.74, 6) is 1.61. The molecule has 2 amide bonds. The number of amides is 2. The molecule has 1 saturated carbocycles. The molecular formula is C14H21N3OS2. The first-order chi connectivity index (χ1) is 9.66. The smallest absolute Gasteiger partial charge is 0.318 e. The first-order valence-electron chi connectivity index (χ1n) is 7.25. The Kier molecular flexibility index (Phi) is 4.21. The van der Waals surface area contributed by atoms with Crippen LogP contribution in [0.5, 0.6) is 0 Å². The summed E-state index contributed by atoms with van der Waals surface area (Å²) >= 11 is 3.59. The molecule has 2 heterocycles. The van der Waals surface area contributed by atoms with Crippen molar-refractivity contribution < 1.29 is 4.79 Å². The number of thiazole rings is 1. The molecule has 2 aliphatic rings. The van der Waals surface area contributed by atoms with Gasteiger partial charge < -0.3 is 10.2 Å². The van der Waals surface area contributed by atoms with Crippen molar-refractivity contribution in [1.82, 2.24) is 15.2 Å². The number of rotatable bonds is 3. The second kappa shape index (κ2) is 5.93. The lowest BCUT2D eigenvalue weighted by Gasteiger charge is -2.38. The third-order valence-corrected chi connectivity index (χ3v) is 6.43. The molecule has 4 nitrogen and oxygen atoms in total. The van der Waals surface area contributed by atoms with Gasteiger partial charge in [-0.1, -0.05) is 6.92 Å². The van der Waals surface area contributed by atoms with Gasteiger partial charge in [-0.3, -0.25) is 0 Å². The average Bonchev–Trinajstić information content (AvgIpc) is 3.13. The summed E-state index contributed by atoms with van der Waals surface area (Å²) in [7, 11) is 0. The predicted octanol–water partition coefficient (Wildman–Crippen LogP) is 3.13. The van der Waals surface area contributed by atoms with Crippen molar-refractivity contribution in [3.8, 4) is 0 Å². The largest absolute Gasteiger partial charge is 0.328 e. The number of aromatic nitrogens is 1. The van der Waals surface area contributed by atoms with Crippen LogP contribution in [0.1, 0.15) is 37.7 Å². The Bertz CT molecular complexity index is 461. The average molecular weight is 311 g/mol. The highest BCUT2D eigenvalue weighted by Gasteiger charge is 2.37. The van der Waals surface area contributed by atoms with Crippen molar-refractivity contribution in [2.75, 3.05) is 12.3 Å². The summed E-state index contributed by atoms with van der Waals surface area (Å²) in [6, 6.07) is 0.487. The van der Waals surface area contributed by atoms with E-state index in [9.17, 15) is 4.79 Å². The number of hydrogen-bond acceptors (Lipinski definition) is 4. The maximum absolute atomic E-state index is 12.6. The zero-order valence-corrected chi connectivity index (χ0v) is 13.5. The molecule has 0 aromatic carbocycles. The van der Waals surface area contributed by atoms with Crippen LogP contribution in [0.3, 0.4) is 0 Å². The second-order valence-electron chi connectivity index (χ2n) is 5.64. The van der Waals surface area contributed by atoms with Crippen LogP contribution in [0, 0.1) is 5.92 Å². The standard InChI is InChI=1S/C14H21N3OS2/c1-9-10(2)19-8-6-17(9)14(18)16-12(11-3-4-11)13-15-5-7-20-13/h5,7,9-12H,3-4,6,8H2,1-2H3,(H,16,18)/t9-,10-,12+/m1/s1. The van der Waals surface area contributed by atoms with Gasteiger partial charge in [0.1, 0.15) is 5.01 Å². The molecule has 0 radical (unpaired) electrons. The van der Waals surface area contributed by atoms with Gasteiger partial charge in [0.05, 0.1) is 6.04 Å². The number of carbonyl (C=O) groups is 1. The summed E-state index contributed by atoms with van der Waals surface area (Å²) in [6.07, 6.45) is 4.22. The van der Waals surface area contributed by atoms with Gasteiger partial charge in [0.15, 0.2) is 0 Å². The van der Waals surface area contributed by atoms with E-state index in [2.05, 4.69) is 24.1 Å². The minimum absolute atomic E-state index is 0.0803. The van der Waals surface area contributed by atoms with Gasteiger partial charge in [-0.25, -0.2) is 9.78 Å². The number of nitrogens with zero attached hydrogens (tertiary/aromatic N) is 2. The molecule has 3 atom stereocenters. The van der Waals surface area contributed by atoms with Gasteiger partial charge in [0, 0.05) is 35.2 Å². The molecule has 6 heteroatoms. The van der Waals surface area contributed by atoms with E-state index in [1.165, 1.54) is 12.8 Å². The van der Waals surface area contributed by atoms with Gasteiger partial charge in [0.2, 0.25) is 0 Å². The topological polar surface area (TPSA) is 45.2 Å². The van der Waals surface area contributed by atoms with Crippen molar-refractivity contribution in [2.45, 2.75) is 44.0 Å². The fourth-order valence-corrected chi connectivity index (χ4v) is 4.51. The van der Waals surface area contributed by atoms with E-state index in [0.717, 1.165) is 17.3 Å². The molecule has 0 unspecified atom stereocenters. The normalized spacial score (nSPS) is 28.2. The van der Waals surface area contributed by atoms with Crippen LogP contribution in [0.4, 0.5) is 4.79 Å². The van der Waals surface area contributed by atoms with Crippen LogP contribution >= 0.6 is 23.1 Å². The van der Waals surface area contributed by atoms with E-state index in [1.807, 2.05) is 28.2 Å². The van der Waals surface area contributed by atoms with E-state index in [1.54, 1.807) is 11.3 Å². The molecule has 0 spiro atoms. The minimum Gasteiger partial charge on any atom is -0.328 e. The Balaban J connectivity index is 1.67. The molecule has 2 fully saturated rings. The fourth-order valence-electron chi connectivity index (χ4n) is 2.63. The highest BCUT2D eigenvalue weighted by Crippen LogP contribution is 2.41. The lowest BCUT2D eigenvalue weighted by atomic mass is 10.2. The Morgan fingerprint density at radius 2 is 2.30 bits per heavy atom. The molecule has 0 bridgehead atoms. The van der Waals surface area contributed by atoms with Crippen LogP contribution in [0.25, 0.3) is 0 Å². The van der Waals surface area contributed by atoms with Crippen molar-refractivity contribution in [3.05, 3.63) is 16.6 Å². The van der Waals surface area contributed by atoms with Gasteiger partial charge in [0.25, 0.3) is 0 Å². The molecule has 20 heavy (non-hydrogen) atoms. The third-order valence-electron chi connectivity index (χ3n) is 4.23. The first-order valence-corrected chi connectivity index (χ1v) is 9.18. The molecule has 1 N–H and O–H groups in total. The van der Waals surface area contributed by atoms with E-state index in [4.69, 9.17) is 0 Å². The first kappa shape index (κ1) is 14.2. The maximum atomic E-state index is 12.6. The third kappa shape index (κ3) is 2.96. The summed E-state index contributed by atoms with van der Waals surface area (Å²) in [5, 5.41) is 6.77. The molecule has 1 aromatic heterocycles. The second-order valence-corrected chi connectivity index (χ2v) is 8.06. The fraction of sp³-hybridized carbons (Fsp3) is 0.714. The van der Waals surface area contributed by atoms with E-state index < -0.39 is 0 Å². The molecule has 1 aliphatic carbocycles. The summed E-state index contributed by atoms with van der Waals surface area (Å²) in [6.45, 7) is 5.19. The molecule has 1 aliphatic heterocycles. The Morgan fingerprint density at radius 3 is 2.95 bits per heavy atom. The minimum atomic E-state index is 0.0803. The molecule has 3 rings (SSSR count). The molecular weight excluding hydrogens is 290 g/mol. The van der Waals surface area contributed by atoms with Crippen LogP contribution in [0.15, 0.2) is 11.6 Å². The van der Waals surface area contributed by atoms with Gasteiger partial charge in [-0.2, -0.15) is 11.8 Å². The Morgan fingerprint density at radius 1 is 1.50 bits per heavy atom. The SMILES string of the molecule is C[C@@H]1[C@@H](C)SCCN1C(=O)N[C@H](c1nccs1)C1CC1. The van der Waals surface area contributed by atoms with Crippen molar-refractivity contribution in [3.63, 3.8) is 0 Å². The van der Waals surface area contributed by atoms with E-state index in [0.29, 0.717) is 17.2 Å².